The summed E-state index contributed by atoms with van der Waals surface area (Å²) in [6.07, 6.45) is 5.83. The van der Waals surface area contributed by atoms with Crippen molar-refractivity contribution in [3.05, 3.63) is 82.1 Å². The third-order valence-electron chi connectivity index (χ3n) is 3.44. The Balaban J connectivity index is 1.58. The second-order valence-corrected chi connectivity index (χ2v) is 5.24. The number of nitrogens with one attached hydrogen (secondary N) is 1. The van der Waals surface area contributed by atoms with Gasteiger partial charge in [-0.05, 0) is 35.9 Å². The summed E-state index contributed by atoms with van der Waals surface area (Å²) in [5.74, 6) is -0.701. The van der Waals surface area contributed by atoms with Crippen LogP contribution in [0.3, 0.4) is 0 Å². The standard InChI is InChI=1S/C17H13FN4O3/c18-13-4-7-16-20-14(11-21(16)10-13)9-19-17(23)8-3-12-1-5-15(6-2-12)22(24)25/h1-8,10-11H,9H2,(H,19,23)/b8-3+. The third-order valence-corrected chi connectivity index (χ3v) is 3.44. The van der Waals surface area contributed by atoms with Crippen molar-refractivity contribution in [3.8, 4) is 0 Å². The van der Waals surface area contributed by atoms with E-state index in [-0.39, 0.29) is 24.0 Å². The molecule has 126 valence electrons. The fourth-order valence-corrected chi connectivity index (χ4v) is 2.22. The minimum absolute atomic E-state index is 0.00936. The van der Waals surface area contributed by atoms with E-state index in [1.165, 1.54) is 30.5 Å². The molecule has 1 aromatic carbocycles. The number of rotatable bonds is 5. The van der Waals surface area contributed by atoms with E-state index < -0.39 is 4.92 Å². The molecule has 0 radical (unpaired) electrons. The van der Waals surface area contributed by atoms with Gasteiger partial charge in [-0.2, -0.15) is 0 Å². The Kier molecular flexibility index (Phi) is 4.51. The van der Waals surface area contributed by atoms with Gasteiger partial charge < -0.3 is 9.72 Å². The van der Waals surface area contributed by atoms with E-state index >= 15 is 0 Å². The van der Waals surface area contributed by atoms with Gasteiger partial charge in [-0.3, -0.25) is 14.9 Å². The lowest BCUT2D eigenvalue weighted by atomic mass is 10.2. The number of imidazole rings is 1. The van der Waals surface area contributed by atoms with Gasteiger partial charge in [0.15, 0.2) is 0 Å². The summed E-state index contributed by atoms with van der Waals surface area (Å²) in [4.78, 5) is 26.2. The van der Waals surface area contributed by atoms with Gasteiger partial charge in [0, 0.05) is 30.6 Å². The zero-order valence-corrected chi connectivity index (χ0v) is 12.9. The summed E-state index contributed by atoms with van der Waals surface area (Å²) in [7, 11) is 0. The van der Waals surface area contributed by atoms with Gasteiger partial charge in [0.2, 0.25) is 5.91 Å². The highest BCUT2D eigenvalue weighted by atomic mass is 19.1. The van der Waals surface area contributed by atoms with E-state index in [2.05, 4.69) is 10.3 Å². The largest absolute Gasteiger partial charge is 0.347 e. The van der Waals surface area contributed by atoms with Crippen LogP contribution < -0.4 is 5.32 Å². The summed E-state index contributed by atoms with van der Waals surface area (Å²) in [5.41, 5.74) is 1.85. The van der Waals surface area contributed by atoms with Crippen LogP contribution in [0.4, 0.5) is 10.1 Å². The average Bonchev–Trinajstić information content (AvgIpc) is 3.00. The summed E-state index contributed by atoms with van der Waals surface area (Å²) >= 11 is 0. The van der Waals surface area contributed by atoms with E-state index in [4.69, 9.17) is 0 Å². The Morgan fingerprint density at radius 2 is 2.00 bits per heavy atom. The molecule has 2 aromatic heterocycles. The number of fused-ring (bicyclic) bond motifs is 1. The van der Waals surface area contributed by atoms with Crippen LogP contribution in [-0.4, -0.2) is 20.2 Å². The molecule has 0 saturated carbocycles. The van der Waals surface area contributed by atoms with Crippen molar-refractivity contribution in [2.24, 2.45) is 0 Å². The van der Waals surface area contributed by atoms with E-state index in [1.807, 2.05) is 0 Å². The van der Waals surface area contributed by atoms with Gasteiger partial charge in [0.25, 0.3) is 5.69 Å². The molecule has 25 heavy (non-hydrogen) atoms. The second-order valence-electron chi connectivity index (χ2n) is 5.24. The number of nitro benzene ring substituents is 1. The summed E-state index contributed by atoms with van der Waals surface area (Å²) in [6.45, 7) is 0.201. The van der Waals surface area contributed by atoms with Gasteiger partial charge in [0.05, 0.1) is 17.2 Å². The van der Waals surface area contributed by atoms with Gasteiger partial charge >= 0.3 is 0 Å². The Morgan fingerprint density at radius 1 is 1.24 bits per heavy atom. The number of benzene rings is 1. The fourth-order valence-electron chi connectivity index (χ4n) is 2.22. The Hall–Kier alpha value is -3.55. The number of hydrogen-bond donors (Lipinski definition) is 1. The predicted octanol–water partition coefficient (Wildman–Crippen LogP) is 2.71. The number of non-ortho nitro benzene ring substituents is 1. The maximum atomic E-state index is 13.1. The number of amides is 1. The van der Waals surface area contributed by atoms with Crippen LogP contribution in [0.1, 0.15) is 11.3 Å². The molecule has 0 aliphatic heterocycles. The number of nitro groups is 1. The number of pyridine rings is 1. The molecule has 3 aromatic rings. The minimum Gasteiger partial charge on any atom is -0.347 e. The van der Waals surface area contributed by atoms with Crippen LogP contribution in [0, 0.1) is 15.9 Å². The zero-order chi connectivity index (χ0) is 17.8. The summed E-state index contributed by atoms with van der Waals surface area (Å²) in [5, 5.41) is 13.2. The Bertz CT molecular complexity index is 964. The molecule has 3 rings (SSSR count). The van der Waals surface area contributed by atoms with Crippen molar-refractivity contribution >= 4 is 23.3 Å². The third kappa shape index (κ3) is 4.05. The monoisotopic (exact) mass is 340 g/mol. The molecule has 7 nitrogen and oxygen atoms in total. The highest BCUT2D eigenvalue weighted by molar-refractivity contribution is 5.91. The van der Waals surface area contributed by atoms with Crippen molar-refractivity contribution in [1.29, 1.82) is 0 Å². The highest BCUT2D eigenvalue weighted by Crippen LogP contribution is 2.12. The van der Waals surface area contributed by atoms with Crippen LogP contribution in [0.2, 0.25) is 0 Å². The smallest absolute Gasteiger partial charge is 0.269 e. The molecular weight excluding hydrogens is 327 g/mol. The van der Waals surface area contributed by atoms with Gasteiger partial charge in [0.1, 0.15) is 11.5 Å². The van der Waals surface area contributed by atoms with Gasteiger partial charge in [-0.1, -0.05) is 0 Å². The maximum absolute atomic E-state index is 13.1. The molecule has 8 heteroatoms. The zero-order valence-electron chi connectivity index (χ0n) is 12.9. The first kappa shape index (κ1) is 16.3. The van der Waals surface area contributed by atoms with Gasteiger partial charge in [-0.25, -0.2) is 9.37 Å². The number of hydrogen-bond acceptors (Lipinski definition) is 4. The highest BCUT2D eigenvalue weighted by Gasteiger charge is 2.05. The maximum Gasteiger partial charge on any atom is 0.269 e. The first-order valence-electron chi connectivity index (χ1n) is 7.35. The molecule has 1 N–H and O–H groups in total. The molecular formula is C17H13FN4O3. The summed E-state index contributed by atoms with van der Waals surface area (Å²) in [6, 6.07) is 8.71. The van der Waals surface area contributed by atoms with E-state index in [0.29, 0.717) is 16.9 Å². The van der Waals surface area contributed by atoms with Crippen molar-refractivity contribution in [2.75, 3.05) is 0 Å². The molecule has 0 fully saturated rings. The molecule has 2 heterocycles. The minimum atomic E-state index is -0.485. The van der Waals surface area contributed by atoms with Crippen LogP contribution in [-0.2, 0) is 11.3 Å². The van der Waals surface area contributed by atoms with Crippen molar-refractivity contribution in [3.63, 3.8) is 0 Å². The number of aromatic nitrogens is 2. The predicted molar refractivity (Wildman–Crippen MR) is 89.1 cm³/mol. The molecule has 0 unspecified atom stereocenters. The topological polar surface area (TPSA) is 89.5 Å². The van der Waals surface area contributed by atoms with Crippen molar-refractivity contribution in [1.82, 2.24) is 14.7 Å². The average molecular weight is 340 g/mol. The molecule has 0 atom stereocenters. The quantitative estimate of drug-likeness (QED) is 0.439. The normalized spacial score (nSPS) is 11.1. The lowest BCUT2D eigenvalue weighted by Crippen LogP contribution is -2.20. The Morgan fingerprint density at radius 3 is 2.72 bits per heavy atom. The number of carbonyl (C=O) groups is 1. The van der Waals surface area contributed by atoms with Crippen LogP contribution in [0.25, 0.3) is 11.7 Å². The molecule has 0 bridgehead atoms. The van der Waals surface area contributed by atoms with Crippen LogP contribution >= 0.6 is 0 Å². The Labute approximate surface area is 141 Å². The van der Waals surface area contributed by atoms with Gasteiger partial charge in [-0.15, -0.1) is 0 Å². The molecule has 0 aliphatic carbocycles. The van der Waals surface area contributed by atoms with Crippen LogP contribution in [0.5, 0.6) is 0 Å². The molecule has 0 aliphatic rings. The first-order chi connectivity index (χ1) is 12.0. The van der Waals surface area contributed by atoms with Crippen LogP contribution in [0.15, 0.2) is 54.9 Å². The lowest BCUT2D eigenvalue weighted by molar-refractivity contribution is -0.384. The molecule has 1 amide bonds. The van der Waals surface area contributed by atoms with Crippen molar-refractivity contribution < 1.29 is 14.1 Å². The number of nitrogens with zero attached hydrogens (tertiary/aromatic N) is 3. The van der Waals surface area contributed by atoms with E-state index in [9.17, 15) is 19.3 Å². The van der Waals surface area contributed by atoms with E-state index in [1.54, 1.807) is 34.9 Å². The molecule has 0 saturated heterocycles. The second kappa shape index (κ2) is 6.91. The molecule has 0 spiro atoms. The fraction of sp³-hybridized carbons (Fsp3) is 0.0588. The number of carbonyl (C=O) groups excluding carboxylic acids is 1. The SMILES string of the molecule is O=C(/C=C/c1ccc([N+](=O)[O-])cc1)NCc1cn2cc(F)ccc2n1. The summed E-state index contributed by atoms with van der Waals surface area (Å²) < 4.78 is 14.7. The lowest BCUT2D eigenvalue weighted by Gasteiger charge is -1.98. The van der Waals surface area contributed by atoms with Crippen molar-refractivity contribution in [2.45, 2.75) is 6.54 Å². The number of halogens is 1. The first-order valence-corrected chi connectivity index (χ1v) is 7.35. The van der Waals surface area contributed by atoms with E-state index in [0.717, 1.165) is 0 Å².